The van der Waals surface area contributed by atoms with Crippen LogP contribution in [0, 0.1) is 16.0 Å². The fourth-order valence-electron chi connectivity index (χ4n) is 2.70. The zero-order chi connectivity index (χ0) is 15.6. The van der Waals surface area contributed by atoms with E-state index in [1.165, 1.54) is 12.1 Å². The van der Waals surface area contributed by atoms with Crippen LogP contribution in [0.4, 0.5) is 11.4 Å². The van der Waals surface area contributed by atoms with Crippen LogP contribution in [0.3, 0.4) is 0 Å². The summed E-state index contributed by atoms with van der Waals surface area (Å²) >= 11 is 0. The molecule has 1 fully saturated rings. The molecular formula is C14H18N2O5. The molecule has 0 aliphatic carbocycles. The first kappa shape index (κ1) is 15.1. The molecule has 7 heteroatoms. The first-order valence-electron chi connectivity index (χ1n) is 6.85. The lowest BCUT2D eigenvalue weighted by Gasteiger charge is -2.25. The molecule has 0 amide bonds. The molecule has 1 aliphatic heterocycles. The van der Waals surface area contributed by atoms with E-state index in [2.05, 4.69) is 0 Å². The molecule has 114 valence electrons. The number of aliphatic carboxylic acids is 1. The van der Waals surface area contributed by atoms with Crippen molar-refractivity contribution in [1.29, 1.82) is 0 Å². The van der Waals surface area contributed by atoms with Gasteiger partial charge in [0, 0.05) is 24.4 Å². The van der Waals surface area contributed by atoms with Gasteiger partial charge >= 0.3 is 5.97 Å². The van der Waals surface area contributed by atoms with E-state index in [4.69, 9.17) is 4.74 Å². The van der Waals surface area contributed by atoms with Crippen molar-refractivity contribution in [3.8, 4) is 5.75 Å². The summed E-state index contributed by atoms with van der Waals surface area (Å²) in [6, 6.07) is 3.74. The molecule has 0 aromatic heterocycles. The van der Waals surface area contributed by atoms with Crippen LogP contribution in [0.1, 0.15) is 20.3 Å². The van der Waals surface area contributed by atoms with E-state index in [0.29, 0.717) is 24.6 Å². The standard InChI is InChI=1S/C14H18N2O5/c1-3-21-12-7-10(6-11(8-12)16(19)20)15-5-4-9(2)13(15)14(17)18/h6-9,13H,3-5H2,1-2H3,(H,17,18). The topological polar surface area (TPSA) is 92.9 Å². The Balaban J connectivity index is 2.42. The summed E-state index contributed by atoms with van der Waals surface area (Å²) in [6.45, 7) is 4.61. The Morgan fingerprint density at radius 2 is 2.24 bits per heavy atom. The van der Waals surface area contributed by atoms with Crippen molar-refractivity contribution in [2.75, 3.05) is 18.1 Å². The number of nitrogens with zero attached hydrogens (tertiary/aromatic N) is 2. The van der Waals surface area contributed by atoms with Gasteiger partial charge in [-0.05, 0) is 19.3 Å². The van der Waals surface area contributed by atoms with Crippen LogP contribution in [0.25, 0.3) is 0 Å². The minimum absolute atomic E-state index is 0.00249. The molecule has 2 unspecified atom stereocenters. The van der Waals surface area contributed by atoms with Crippen LogP contribution in [-0.4, -0.2) is 35.2 Å². The monoisotopic (exact) mass is 294 g/mol. The van der Waals surface area contributed by atoms with Gasteiger partial charge in [-0.1, -0.05) is 6.92 Å². The largest absolute Gasteiger partial charge is 0.494 e. The minimum Gasteiger partial charge on any atom is -0.494 e. The second-order valence-electron chi connectivity index (χ2n) is 5.12. The number of rotatable bonds is 5. The van der Waals surface area contributed by atoms with E-state index in [0.717, 1.165) is 6.42 Å². The summed E-state index contributed by atoms with van der Waals surface area (Å²) in [4.78, 5) is 23.6. The zero-order valence-corrected chi connectivity index (χ0v) is 12.0. The van der Waals surface area contributed by atoms with Crippen molar-refractivity contribution in [2.24, 2.45) is 5.92 Å². The molecule has 1 saturated heterocycles. The molecule has 0 saturated carbocycles. The Morgan fingerprint density at radius 3 is 2.81 bits per heavy atom. The molecule has 0 radical (unpaired) electrons. The number of hydrogen-bond donors (Lipinski definition) is 1. The molecule has 7 nitrogen and oxygen atoms in total. The van der Waals surface area contributed by atoms with Gasteiger partial charge in [0.25, 0.3) is 5.69 Å². The highest BCUT2D eigenvalue weighted by molar-refractivity contribution is 5.80. The van der Waals surface area contributed by atoms with Crippen LogP contribution in [0.2, 0.25) is 0 Å². The summed E-state index contributed by atoms with van der Waals surface area (Å²) < 4.78 is 5.34. The second-order valence-corrected chi connectivity index (χ2v) is 5.12. The fraction of sp³-hybridized carbons (Fsp3) is 0.500. The van der Waals surface area contributed by atoms with E-state index in [1.807, 2.05) is 6.92 Å². The van der Waals surface area contributed by atoms with Gasteiger partial charge in [-0.2, -0.15) is 0 Å². The Morgan fingerprint density at radius 1 is 1.52 bits per heavy atom. The molecule has 21 heavy (non-hydrogen) atoms. The van der Waals surface area contributed by atoms with Crippen molar-refractivity contribution in [1.82, 2.24) is 0 Å². The average Bonchev–Trinajstić information content (AvgIpc) is 2.80. The summed E-state index contributed by atoms with van der Waals surface area (Å²) in [5.41, 5.74) is 0.420. The molecule has 1 aromatic carbocycles. The number of anilines is 1. The third kappa shape index (κ3) is 3.07. The molecule has 2 rings (SSSR count). The maximum atomic E-state index is 11.4. The molecule has 0 spiro atoms. The molecule has 1 aromatic rings. The minimum atomic E-state index is -0.913. The van der Waals surface area contributed by atoms with Crippen LogP contribution < -0.4 is 9.64 Å². The Labute approximate surface area is 122 Å². The summed E-state index contributed by atoms with van der Waals surface area (Å²) in [6.07, 6.45) is 0.740. The molecule has 0 bridgehead atoms. The maximum Gasteiger partial charge on any atom is 0.326 e. The van der Waals surface area contributed by atoms with Gasteiger partial charge in [0.05, 0.1) is 17.6 Å². The molecule has 1 heterocycles. The number of carbonyl (C=O) groups is 1. The van der Waals surface area contributed by atoms with E-state index in [-0.39, 0.29) is 11.6 Å². The smallest absolute Gasteiger partial charge is 0.326 e. The molecule has 1 aliphatic rings. The third-order valence-electron chi connectivity index (χ3n) is 3.68. The van der Waals surface area contributed by atoms with E-state index in [1.54, 1.807) is 17.9 Å². The Hall–Kier alpha value is -2.31. The average molecular weight is 294 g/mol. The lowest BCUT2D eigenvalue weighted by molar-refractivity contribution is -0.384. The van der Waals surface area contributed by atoms with Gasteiger partial charge in [-0.3, -0.25) is 10.1 Å². The number of non-ortho nitro benzene ring substituents is 1. The SMILES string of the molecule is CCOc1cc(N2CCC(C)C2C(=O)O)cc([N+](=O)[O-])c1. The molecule has 1 N–H and O–H groups in total. The summed E-state index contributed by atoms with van der Waals surface area (Å²) in [7, 11) is 0. The number of hydrogen-bond acceptors (Lipinski definition) is 5. The zero-order valence-electron chi connectivity index (χ0n) is 12.0. The molecule has 2 atom stereocenters. The highest BCUT2D eigenvalue weighted by Gasteiger charge is 2.37. The highest BCUT2D eigenvalue weighted by Crippen LogP contribution is 2.34. The van der Waals surface area contributed by atoms with Gasteiger partial charge in [0.2, 0.25) is 0 Å². The van der Waals surface area contributed by atoms with Crippen molar-refractivity contribution < 1.29 is 19.6 Å². The lowest BCUT2D eigenvalue weighted by atomic mass is 10.0. The normalized spacial score (nSPS) is 21.3. The Bertz CT molecular complexity index is 560. The van der Waals surface area contributed by atoms with Crippen molar-refractivity contribution in [3.63, 3.8) is 0 Å². The second kappa shape index (κ2) is 5.99. The first-order valence-corrected chi connectivity index (χ1v) is 6.85. The maximum absolute atomic E-state index is 11.4. The number of carboxylic acid groups (broad SMARTS) is 1. The first-order chi connectivity index (χ1) is 9.93. The predicted octanol–water partition coefficient (Wildman–Crippen LogP) is 2.29. The van der Waals surface area contributed by atoms with E-state index in [9.17, 15) is 20.0 Å². The highest BCUT2D eigenvalue weighted by atomic mass is 16.6. The van der Waals surface area contributed by atoms with E-state index >= 15 is 0 Å². The van der Waals surface area contributed by atoms with Crippen molar-refractivity contribution in [3.05, 3.63) is 28.3 Å². The Kier molecular flexibility index (Phi) is 4.30. The van der Waals surface area contributed by atoms with Crippen LogP contribution in [-0.2, 0) is 4.79 Å². The van der Waals surface area contributed by atoms with Crippen LogP contribution in [0.15, 0.2) is 18.2 Å². The number of benzene rings is 1. The number of nitro groups is 1. The van der Waals surface area contributed by atoms with Crippen molar-refractivity contribution >= 4 is 17.3 Å². The summed E-state index contributed by atoms with van der Waals surface area (Å²) in [5, 5.41) is 20.4. The van der Waals surface area contributed by atoms with Crippen LogP contribution >= 0.6 is 0 Å². The van der Waals surface area contributed by atoms with E-state index < -0.39 is 16.9 Å². The van der Waals surface area contributed by atoms with Gasteiger partial charge in [0.1, 0.15) is 11.8 Å². The fourth-order valence-corrected chi connectivity index (χ4v) is 2.70. The van der Waals surface area contributed by atoms with Gasteiger partial charge < -0.3 is 14.7 Å². The summed E-state index contributed by atoms with van der Waals surface area (Å²) in [5.74, 6) is -0.535. The lowest BCUT2D eigenvalue weighted by Crippen LogP contribution is -2.39. The molecular weight excluding hydrogens is 276 g/mol. The number of nitro benzene ring substituents is 1. The predicted molar refractivity (Wildman–Crippen MR) is 76.8 cm³/mol. The quantitative estimate of drug-likeness (QED) is 0.661. The van der Waals surface area contributed by atoms with Crippen LogP contribution in [0.5, 0.6) is 5.75 Å². The number of ether oxygens (including phenoxy) is 1. The van der Waals surface area contributed by atoms with Gasteiger partial charge in [-0.15, -0.1) is 0 Å². The van der Waals surface area contributed by atoms with Gasteiger partial charge in [0.15, 0.2) is 0 Å². The van der Waals surface area contributed by atoms with Gasteiger partial charge in [-0.25, -0.2) is 4.79 Å². The van der Waals surface area contributed by atoms with Crippen molar-refractivity contribution in [2.45, 2.75) is 26.3 Å². The number of carboxylic acids is 1. The third-order valence-corrected chi connectivity index (χ3v) is 3.68.